The summed E-state index contributed by atoms with van der Waals surface area (Å²) in [5.41, 5.74) is 3.47. The Bertz CT molecular complexity index is 716. The number of halogens is 1. The van der Waals surface area contributed by atoms with Crippen LogP contribution in [0.15, 0.2) is 53.0 Å². The average Bonchev–Trinajstić information content (AvgIpc) is 2.98. The van der Waals surface area contributed by atoms with Crippen LogP contribution in [0.25, 0.3) is 0 Å². The highest BCUT2D eigenvalue weighted by molar-refractivity contribution is 9.10. The van der Waals surface area contributed by atoms with E-state index in [0.717, 1.165) is 28.7 Å². The molecule has 2 aromatic rings. The van der Waals surface area contributed by atoms with Gasteiger partial charge in [-0.2, -0.15) is 0 Å². The summed E-state index contributed by atoms with van der Waals surface area (Å²) in [6, 6.07) is 16.1. The molecule has 1 amide bonds. The summed E-state index contributed by atoms with van der Waals surface area (Å²) >= 11 is 3.58. The predicted molar refractivity (Wildman–Crippen MR) is 97.7 cm³/mol. The summed E-state index contributed by atoms with van der Waals surface area (Å²) in [4.78, 5) is 14.7. The molecule has 0 fully saturated rings. The molecule has 0 aliphatic carbocycles. The topological polar surface area (TPSA) is 32.3 Å². The Hall–Kier alpha value is -1.65. The molecule has 23 heavy (non-hydrogen) atoms. The average molecular weight is 373 g/mol. The first-order valence-electron chi connectivity index (χ1n) is 7.97. The van der Waals surface area contributed by atoms with Crippen molar-refractivity contribution in [3.8, 4) is 0 Å². The van der Waals surface area contributed by atoms with E-state index in [4.69, 9.17) is 0 Å². The zero-order valence-corrected chi connectivity index (χ0v) is 15.0. The van der Waals surface area contributed by atoms with Gasteiger partial charge in [0.2, 0.25) is 5.91 Å². The number of amides is 1. The number of hydrogen-bond donors (Lipinski definition) is 1. The Morgan fingerprint density at radius 1 is 1.13 bits per heavy atom. The minimum atomic E-state index is -0.233. The SMILES string of the molecule is CC(NC(C)c1ccccc1Br)C(=O)N1CCc2ccccc21. The van der Waals surface area contributed by atoms with Crippen molar-refractivity contribution in [1.82, 2.24) is 5.32 Å². The fraction of sp³-hybridized carbons (Fsp3) is 0.316. The van der Waals surface area contributed by atoms with Crippen LogP contribution in [-0.4, -0.2) is 18.5 Å². The van der Waals surface area contributed by atoms with Crippen LogP contribution >= 0.6 is 15.9 Å². The van der Waals surface area contributed by atoms with Gasteiger partial charge in [0.05, 0.1) is 6.04 Å². The van der Waals surface area contributed by atoms with Gasteiger partial charge >= 0.3 is 0 Å². The second kappa shape index (κ2) is 6.85. The Morgan fingerprint density at radius 2 is 1.83 bits per heavy atom. The summed E-state index contributed by atoms with van der Waals surface area (Å²) < 4.78 is 1.06. The van der Waals surface area contributed by atoms with Crippen molar-refractivity contribution in [2.24, 2.45) is 0 Å². The fourth-order valence-corrected chi connectivity index (χ4v) is 3.79. The van der Waals surface area contributed by atoms with Gasteiger partial charge in [-0.1, -0.05) is 52.3 Å². The third-order valence-corrected chi connectivity index (χ3v) is 5.12. The fourth-order valence-electron chi connectivity index (χ4n) is 3.16. The first-order chi connectivity index (χ1) is 11.1. The summed E-state index contributed by atoms with van der Waals surface area (Å²) in [7, 11) is 0. The molecule has 1 aliphatic rings. The van der Waals surface area contributed by atoms with Gasteiger partial charge in [-0.3, -0.25) is 10.1 Å². The number of nitrogens with one attached hydrogen (secondary N) is 1. The maximum atomic E-state index is 12.8. The van der Waals surface area contributed by atoms with Crippen LogP contribution in [0.1, 0.15) is 31.0 Å². The van der Waals surface area contributed by atoms with Crippen molar-refractivity contribution >= 4 is 27.5 Å². The van der Waals surface area contributed by atoms with Crippen molar-refractivity contribution in [3.05, 3.63) is 64.1 Å². The highest BCUT2D eigenvalue weighted by Gasteiger charge is 2.28. The minimum absolute atomic E-state index is 0.0994. The number of carbonyl (C=O) groups is 1. The van der Waals surface area contributed by atoms with Gasteiger partial charge in [0.1, 0.15) is 0 Å². The normalized spacial score (nSPS) is 16.0. The predicted octanol–water partition coefficient (Wildman–Crippen LogP) is 4.08. The van der Waals surface area contributed by atoms with E-state index in [1.54, 1.807) is 0 Å². The highest BCUT2D eigenvalue weighted by atomic mass is 79.9. The van der Waals surface area contributed by atoms with Gasteiger partial charge in [0.15, 0.2) is 0 Å². The zero-order valence-electron chi connectivity index (χ0n) is 13.4. The third-order valence-electron chi connectivity index (χ3n) is 4.40. The number of fused-ring (bicyclic) bond motifs is 1. The van der Waals surface area contributed by atoms with Crippen molar-refractivity contribution < 1.29 is 4.79 Å². The van der Waals surface area contributed by atoms with Crippen molar-refractivity contribution in [1.29, 1.82) is 0 Å². The second-order valence-corrected chi connectivity index (χ2v) is 6.85. The first kappa shape index (κ1) is 16.2. The van der Waals surface area contributed by atoms with Crippen LogP contribution < -0.4 is 10.2 Å². The van der Waals surface area contributed by atoms with Gasteiger partial charge < -0.3 is 4.90 Å². The lowest BCUT2D eigenvalue weighted by molar-refractivity contribution is -0.120. The molecule has 1 heterocycles. The van der Waals surface area contributed by atoms with Crippen molar-refractivity contribution in [2.75, 3.05) is 11.4 Å². The molecular formula is C19H21BrN2O. The molecule has 2 aromatic carbocycles. The smallest absolute Gasteiger partial charge is 0.243 e. The third kappa shape index (κ3) is 3.33. The monoisotopic (exact) mass is 372 g/mol. The van der Waals surface area contributed by atoms with Crippen LogP contribution in [0.4, 0.5) is 5.69 Å². The molecule has 4 heteroatoms. The minimum Gasteiger partial charge on any atom is -0.310 e. The summed E-state index contributed by atoms with van der Waals surface area (Å²) in [5.74, 6) is 0.133. The molecule has 2 atom stereocenters. The van der Waals surface area contributed by atoms with E-state index in [-0.39, 0.29) is 18.0 Å². The maximum absolute atomic E-state index is 12.8. The highest BCUT2D eigenvalue weighted by Crippen LogP contribution is 2.28. The lowest BCUT2D eigenvalue weighted by Crippen LogP contribution is -2.45. The number of anilines is 1. The van der Waals surface area contributed by atoms with E-state index >= 15 is 0 Å². The standard InChI is InChI=1S/C19H21BrN2O/c1-13(16-8-4-5-9-17(16)20)21-14(2)19(23)22-12-11-15-7-3-6-10-18(15)22/h3-10,13-14,21H,11-12H2,1-2H3. The Kier molecular flexibility index (Phi) is 4.83. The summed E-state index contributed by atoms with van der Waals surface area (Å²) in [5, 5.41) is 3.42. The van der Waals surface area contributed by atoms with E-state index in [0.29, 0.717) is 0 Å². The van der Waals surface area contributed by atoms with E-state index < -0.39 is 0 Å². The molecule has 0 spiro atoms. The lowest BCUT2D eigenvalue weighted by Gasteiger charge is -2.25. The molecular weight excluding hydrogens is 352 g/mol. The van der Waals surface area contributed by atoms with Crippen molar-refractivity contribution in [2.45, 2.75) is 32.4 Å². The van der Waals surface area contributed by atoms with Crippen molar-refractivity contribution in [3.63, 3.8) is 0 Å². The number of nitrogens with zero attached hydrogens (tertiary/aromatic N) is 1. The van der Waals surface area contributed by atoms with Crippen LogP contribution in [-0.2, 0) is 11.2 Å². The Labute approximate surface area is 145 Å². The summed E-state index contributed by atoms with van der Waals surface area (Å²) in [6.45, 7) is 4.80. The Balaban J connectivity index is 1.70. The van der Waals surface area contributed by atoms with Gasteiger partial charge in [0.25, 0.3) is 0 Å². The number of benzene rings is 2. The molecule has 2 unspecified atom stereocenters. The molecule has 0 aromatic heterocycles. The van der Waals surface area contributed by atoms with Gasteiger partial charge in [-0.25, -0.2) is 0 Å². The quantitative estimate of drug-likeness (QED) is 0.876. The van der Waals surface area contributed by atoms with Gasteiger partial charge in [0, 0.05) is 22.7 Å². The molecule has 0 saturated heterocycles. The molecule has 3 rings (SSSR count). The summed E-state index contributed by atoms with van der Waals surface area (Å²) in [6.07, 6.45) is 0.939. The number of rotatable bonds is 4. The molecule has 1 N–H and O–H groups in total. The molecule has 3 nitrogen and oxygen atoms in total. The first-order valence-corrected chi connectivity index (χ1v) is 8.77. The van der Waals surface area contributed by atoms with E-state index in [2.05, 4.69) is 40.3 Å². The van der Waals surface area contributed by atoms with E-state index in [1.807, 2.05) is 48.2 Å². The maximum Gasteiger partial charge on any atom is 0.243 e. The van der Waals surface area contributed by atoms with Gasteiger partial charge in [-0.05, 0) is 43.5 Å². The number of carbonyl (C=O) groups excluding carboxylic acids is 1. The van der Waals surface area contributed by atoms with Crippen LogP contribution in [0, 0.1) is 0 Å². The van der Waals surface area contributed by atoms with Crippen LogP contribution in [0.5, 0.6) is 0 Å². The number of hydrogen-bond acceptors (Lipinski definition) is 2. The zero-order chi connectivity index (χ0) is 16.4. The molecule has 0 bridgehead atoms. The lowest BCUT2D eigenvalue weighted by atomic mass is 10.1. The largest absolute Gasteiger partial charge is 0.310 e. The molecule has 0 saturated carbocycles. The molecule has 120 valence electrons. The number of para-hydroxylation sites is 1. The van der Waals surface area contributed by atoms with Crippen LogP contribution in [0.3, 0.4) is 0 Å². The van der Waals surface area contributed by atoms with Crippen LogP contribution in [0.2, 0.25) is 0 Å². The van der Waals surface area contributed by atoms with E-state index in [1.165, 1.54) is 5.56 Å². The van der Waals surface area contributed by atoms with E-state index in [9.17, 15) is 4.79 Å². The van der Waals surface area contributed by atoms with Gasteiger partial charge in [-0.15, -0.1) is 0 Å². The molecule has 0 radical (unpaired) electrons. The molecule has 1 aliphatic heterocycles. The Morgan fingerprint density at radius 3 is 2.61 bits per heavy atom. The second-order valence-electron chi connectivity index (χ2n) is 6.00.